The number of carbonyl (C=O) groups is 1. The van der Waals surface area contributed by atoms with E-state index in [0.717, 1.165) is 38.2 Å². The molecule has 3 N–H and O–H groups in total. The van der Waals surface area contributed by atoms with Gasteiger partial charge in [0, 0.05) is 30.9 Å². The molecule has 1 unspecified atom stereocenters. The second-order valence-corrected chi connectivity index (χ2v) is 8.64. The van der Waals surface area contributed by atoms with Crippen LogP contribution in [0.25, 0.3) is 11.3 Å². The second kappa shape index (κ2) is 17.6. The van der Waals surface area contributed by atoms with Crippen LogP contribution in [0.3, 0.4) is 0 Å². The maximum absolute atomic E-state index is 13.0. The van der Waals surface area contributed by atoms with Gasteiger partial charge in [-0.15, -0.1) is 10.2 Å². The molecule has 0 aliphatic heterocycles. The number of rotatable bonds is 15. The van der Waals surface area contributed by atoms with Gasteiger partial charge in [0.2, 0.25) is 0 Å². The van der Waals surface area contributed by atoms with Gasteiger partial charge in [0.15, 0.2) is 5.82 Å². The maximum Gasteiger partial charge on any atom is 0.416 e. The van der Waals surface area contributed by atoms with Crippen LogP contribution in [0.2, 0.25) is 0 Å². The van der Waals surface area contributed by atoms with E-state index in [1.165, 1.54) is 6.07 Å². The lowest BCUT2D eigenvalue weighted by molar-refractivity contribution is -0.137. The van der Waals surface area contributed by atoms with E-state index >= 15 is 0 Å². The topological polar surface area (TPSA) is 114 Å². The first-order valence-corrected chi connectivity index (χ1v) is 12.9. The van der Waals surface area contributed by atoms with Crippen molar-refractivity contribution in [3.05, 3.63) is 34.9 Å². The molecular formula is C27H40F3N3O5. The minimum Gasteiger partial charge on any atom is -0.507 e. The predicted molar refractivity (Wildman–Crippen MR) is 140 cm³/mol. The van der Waals surface area contributed by atoms with Gasteiger partial charge < -0.3 is 25.0 Å². The molecule has 214 valence electrons. The molecule has 0 saturated carbocycles. The summed E-state index contributed by atoms with van der Waals surface area (Å²) in [4.78, 5) is 9.18. The molecule has 38 heavy (non-hydrogen) atoms. The number of aromatic nitrogens is 2. The summed E-state index contributed by atoms with van der Waals surface area (Å²) in [7, 11) is 1.58. The number of phenols is 1. The number of aliphatic hydroxyl groups is 1. The van der Waals surface area contributed by atoms with E-state index in [0.29, 0.717) is 55.5 Å². The van der Waals surface area contributed by atoms with Gasteiger partial charge in [0.1, 0.15) is 11.4 Å². The van der Waals surface area contributed by atoms with Gasteiger partial charge >= 0.3 is 6.18 Å². The van der Waals surface area contributed by atoms with E-state index < -0.39 is 17.5 Å². The van der Waals surface area contributed by atoms with E-state index in [2.05, 4.69) is 34.1 Å². The van der Waals surface area contributed by atoms with E-state index in [-0.39, 0.29) is 23.9 Å². The number of halogens is 3. The Morgan fingerprint density at radius 2 is 1.84 bits per heavy atom. The third-order valence-electron chi connectivity index (χ3n) is 5.92. The summed E-state index contributed by atoms with van der Waals surface area (Å²) in [5, 5.41) is 32.5. The van der Waals surface area contributed by atoms with Crippen molar-refractivity contribution in [1.82, 2.24) is 10.2 Å². The molecule has 8 nitrogen and oxygen atoms in total. The quantitative estimate of drug-likeness (QED) is 0.188. The van der Waals surface area contributed by atoms with Crippen molar-refractivity contribution in [2.45, 2.75) is 84.5 Å². The first kappa shape index (κ1) is 33.1. The molecule has 0 fully saturated rings. The Bertz CT molecular complexity index is 974. The first-order chi connectivity index (χ1) is 18.2. The van der Waals surface area contributed by atoms with Crippen molar-refractivity contribution in [2.75, 3.05) is 25.6 Å². The summed E-state index contributed by atoms with van der Waals surface area (Å²) in [5.41, 5.74) is 0.608. The lowest BCUT2D eigenvalue weighted by Crippen LogP contribution is -2.21. The summed E-state index contributed by atoms with van der Waals surface area (Å²) >= 11 is 0. The van der Waals surface area contributed by atoms with Crippen LogP contribution in [0, 0.1) is 0 Å². The zero-order valence-corrected chi connectivity index (χ0v) is 22.6. The molecule has 0 radical (unpaired) electrons. The van der Waals surface area contributed by atoms with E-state index in [1.807, 2.05) is 0 Å². The molecule has 0 amide bonds. The number of nitrogens with one attached hydrogen (secondary N) is 1. The third-order valence-corrected chi connectivity index (χ3v) is 5.92. The Morgan fingerprint density at radius 3 is 2.34 bits per heavy atom. The first-order valence-electron chi connectivity index (χ1n) is 12.9. The Balaban J connectivity index is 0.00000132. The predicted octanol–water partition coefficient (Wildman–Crippen LogP) is 5.89. The average Bonchev–Trinajstić information content (AvgIpc) is 2.89. The molecule has 0 aliphatic rings. The van der Waals surface area contributed by atoms with Crippen molar-refractivity contribution >= 4 is 12.3 Å². The van der Waals surface area contributed by atoms with Crippen molar-refractivity contribution in [2.24, 2.45) is 0 Å². The molecule has 1 aromatic carbocycles. The number of aliphatic hydroxyl groups excluding tert-OH is 1. The SMILES string of the molecule is CCCCCC(CC)Nc1nnc(-c2ccc(C(F)(F)F)cc2O)c(CCCOC)c1CO.CCOC=O. The molecule has 0 spiro atoms. The fraction of sp³-hybridized carbons (Fsp3) is 0.593. The normalized spacial score (nSPS) is 11.9. The molecule has 1 atom stereocenters. The zero-order valence-electron chi connectivity index (χ0n) is 22.6. The number of hydrogen-bond acceptors (Lipinski definition) is 8. The average molecular weight is 544 g/mol. The van der Waals surface area contributed by atoms with Crippen LogP contribution in [0.1, 0.15) is 76.0 Å². The Labute approximate surface area is 222 Å². The highest BCUT2D eigenvalue weighted by atomic mass is 19.4. The molecule has 1 heterocycles. The monoisotopic (exact) mass is 543 g/mol. The minimum absolute atomic E-state index is 0.138. The smallest absolute Gasteiger partial charge is 0.416 e. The van der Waals surface area contributed by atoms with Gasteiger partial charge in [0.25, 0.3) is 6.47 Å². The number of methoxy groups -OCH3 is 1. The molecule has 11 heteroatoms. The van der Waals surface area contributed by atoms with E-state index in [1.54, 1.807) is 14.0 Å². The highest BCUT2D eigenvalue weighted by Gasteiger charge is 2.31. The number of hydrogen-bond donors (Lipinski definition) is 3. The van der Waals surface area contributed by atoms with Gasteiger partial charge in [0.05, 0.1) is 18.8 Å². The summed E-state index contributed by atoms with van der Waals surface area (Å²) in [5.74, 6) is -0.0777. The largest absolute Gasteiger partial charge is 0.507 e. The third kappa shape index (κ3) is 10.4. The van der Waals surface area contributed by atoms with Gasteiger partial charge in [-0.1, -0.05) is 33.1 Å². The number of phenolic OH excluding ortho intramolecular Hbond substituents is 1. The fourth-order valence-electron chi connectivity index (χ4n) is 3.86. The van der Waals surface area contributed by atoms with E-state index in [9.17, 15) is 28.2 Å². The standard InChI is InChI=1S/C24H34F3N3O3.C3H6O2/c1-4-6-7-9-17(5-2)28-23-20(15-31)18(10-8-13-33-3)22(29-30-23)19-12-11-16(14-21(19)32)24(25,26)27;1-2-5-3-4/h11-12,14,17,31-32H,4-10,13,15H2,1-3H3,(H,28,30);3H,2H2,1H3. The van der Waals surface area contributed by atoms with Crippen LogP contribution in [0.5, 0.6) is 5.75 Å². The van der Waals surface area contributed by atoms with Crippen LogP contribution in [-0.2, 0) is 33.5 Å². The number of unbranched alkanes of at least 4 members (excludes halogenated alkanes) is 2. The summed E-state index contributed by atoms with van der Waals surface area (Å²) in [6, 6.07) is 2.94. The molecule has 0 bridgehead atoms. The second-order valence-electron chi connectivity index (χ2n) is 8.64. The Morgan fingerprint density at radius 1 is 1.11 bits per heavy atom. The van der Waals surface area contributed by atoms with Crippen LogP contribution in [0.15, 0.2) is 18.2 Å². The number of benzene rings is 1. The number of ether oxygens (including phenoxy) is 2. The van der Waals surface area contributed by atoms with Crippen LogP contribution < -0.4 is 5.32 Å². The fourth-order valence-corrected chi connectivity index (χ4v) is 3.86. The highest BCUT2D eigenvalue weighted by Crippen LogP contribution is 2.38. The lowest BCUT2D eigenvalue weighted by Gasteiger charge is -2.22. The summed E-state index contributed by atoms with van der Waals surface area (Å²) in [6.07, 6.45) is 1.64. The number of alkyl halides is 3. The molecular weight excluding hydrogens is 503 g/mol. The molecule has 2 rings (SSSR count). The zero-order chi connectivity index (χ0) is 28.6. The summed E-state index contributed by atoms with van der Waals surface area (Å²) in [6.45, 7) is 7.02. The van der Waals surface area contributed by atoms with Crippen molar-refractivity contribution in [1.29, 1.82) is 0 Å². The van der Waals surface area contributed by atoms with E-state index in [4.69, 9.17) is 4.74 Å². The number of carbonyl (C=O) groups excluding carboxylic acids is 1. The van der Waals surface area contributed by atoms with Gasteiger partial charge in [-0.25, -0.2) is 0 Å². The minimum atomic E-state index is -4.57. The molecule has 0 aliphatic carbocycles. The number of aromatic hydroxyl groups is 1. The molecule has 2 aromatic rings. The van der Waals surface area contributed by atoms with Crippen LogP contribution in [0.4, 0.5) is 19.0 Å². The lowest BCUT2D eigenvalue weighted by atomic mass is 9.96. The van der Waals surface area contributed by atoms with Crippen LogP contribution in [-0.4, -0.2) is 53.2 Å². The van der Waals surface area contributed by atoms with Gasteiger partial charge in [-0.3, -0.25) is 4.79 Å². The van der Waals surface area contributed by atoms with Gasteiger partial charge in [-0.05, 0) is 56.4 Å². The molecule has 1 aromatic heterocycles. The van der Waals surface area contributed by atoms with Crippen molar-refractivity contribution < 1.29 is 37.7 Å². The number of anilines is 1. The van der Waals surface area contributed by atoms with Crippen molar-refractivity contribution in [3.63, 3.8) is 0 Å². The Hall–Kier alpha value is -2.92. The van der Waals surface area contributed by atoms with Gasteiger partial charge in [-0.2, -0.15) is 13.2 Å². The number of nitrogens with zero attached hydrogens (tertiary/aromatic N) is 2. The molecule has 0 saturated heterocycles. The highest BCUT2D eigenvalue weighted by molar-refractivity contribution is 5.72. The van der Waals surface area contributed by atoms with Crippen molar-refractivity contribution in [3.8, 4) is 17.0 Å². The Kier molecular flexibility index (Phi) is 15.3. The summed E-state index contributed by atoms with van der Waals surface area (Å²) < 4.78 is 48.4. The van der Waals surface area contributed by atoms with Crippen LogP contribution >= 0.6 is 0 Å². The maximum atomic E-state index is 13.0.